The van der Waals surface area contributed by atoms with Crippen LogP contribution in [-0.2, 0) is 26.1 Å². The molecule has 0 aliphatic carbocycles. The third kappa shape index (κ3) is 5.33. The van der Waals surface area contributed by atoms with Crippen molar-refractivity contribution in [1.82, 2.24) is 9.78 Å². The summed E-state index contributed by atoms with van der Waals surface area (Å²) in [7, 11) is -3.82. The highest BCUT2D eigenvalue weighted by molar-refractivity contribution is 7.89. The van der Waals surface area contributed by atoms with Crippen LogP contribution in [0.3, 0.4) is 0 Å². The van der Waals surface area contributed by atoms with E-state index < -0.39 is 28.5 Å². The van der Waals surface area contributed by atoms with Crippen molar-refractivity contribution < 1.29 is 22.7 Å². The summed E-state index contributed by atoms with van der Waals surface area (Å²) in [6.45, 7) is 4.00. The van der Waals surface area contributed by atoms with Crippen LogP contribution in [0.2, 0.25) is 0 Å². The molecule has 0 bridgehead atoms. The van der Waals surface area contributed by atoms with E-state index in [1.165, 1.54) is 41.2 Å². The third-order valence-corrected chi connectivity index (χ3v) is 7.12. The number of primary sulfonamides is 1. The normalized spacial score (nSPS) is 11.5. The maximum atomic E-state index is 12.5. The van der Waals surface area contributed by atoms with Gasteiger partial charge in [-0.2, -0.15) is 5.10 Å². The number of nitrogens with one attached hydrogen (secondary N) is 1. The van der Waals surface area contributed by atoms with Crippen molar-refractivity contribution in [1.29, 1.82) is 0 Å². The number of rotatable bonds is 7. The Morgan fingerprint density at radius 3 is 2.41 bits per heavy atom. The molecule has 3 N–H and O–H groups in total. The van der Waals surface area contributed by atoms with Crippen LogP contribution in [0, 0.1) is 13.8 Å². The number of hydrogen-bond donors (Lipinski definition) is 2. The molecule has 4 aromatic rings. The number of nitrogens with zero attached hydrogens (tertiary/aromatic N) is 2. The highest BCUT2D eigenvalue weighted by Crippen LogP contribution is 2.29. The average Bonchev–Trinajstić information content (AvgIpc) is 3.35. The van der Waals surface area contributed by atoms with Gasteiger partial charge in [-0.05, 0) is 49.7 Å². The van der Waals surface area contributed by atoms with Crippen LogP contribution >= 0.6 is 11.3 Å². The Kier molecular flexibility index (Phi) is 6.51. The molecule has 0 unspecified atom stereocenters. The summed E-state index contributed by atoms with van der Waals surface area (Å²) >= 11 is 1.26. The summed E-state index contributed by atoms with van der Waals surface area (Å²) in [6, 6.07) is 15.2. The van der Waals surface area contributed by atoms with E-state index in [2.05, 4.69) is 10.4 Å². The predicted octanol–water partition coefficient (Wildman–Crippen LogP) is 3.21. The Bertz CT molecular complexity index is 1470. The number of thiophene rings is 1. The SMILES string of the molecule is Cc1ccc(Cn2nc(C)c3cc(C(=O)OCC(=O)Nc4ccc(S(N)(=O)=O)cc4)sc32)cc1. The van der Waals surface area contributed by atoms with E-state index in [-0.39, 0.29) is 4.90 Å². The van der Waals surface area contributed by atoms with E-state index in [4.69, 9.17) is 9.88 Å². The van der Waals surface area contributed by atoms with Crippen LogP contribution in [0.4, 0.5) is 5.69 Å². The molecule has 0 aliphatic heterocycles. The number of carbonyl (C=O) groups is 2. The van der Waals surface area contributed by atoms with Gasteiger partial charge < -0.3 is 10.1 Å². The number of anilines is 1. The summed E-state index contributed by atoms with van der Waals surface area (Å²) in [5.74, 6) is -1.17. The minimum absolute atomic E-state index is 0.0714. The Morgan fingerprint density at radius 1 is 1.09 bits per heavy atom. The molecule has 4 rings (SSSR count). The van der Waals surface area contributed by atoms with Gasteiger partial charge in [0, 0.05) is 11.1 Å². The Hall–Kier alpha value is -3.54. The number of nitrogens with two attached hydrogens (primary N) is 1. The highest BCUT2D eigenvalue weighted by atomic mass is 32.2. The third-order valence-electron chi connectivity index (χ3n) is 5.06. The Morgan fingerprint density at radius 2 is 1.76 bits per heavy atom. The van der Waals surface area contributed by atoms with Crippen LogP contribution in [0.1, 0.15) is 26.5 Å². The quantitative estimate of drug-likeness (QED) is 0.376. The minimum atomic E-state index is -3.82. The summed E-state index contributed by atoms with van der Waals surface area (Å²) in [5.41, 5.74) is 3.43. The van der Waals surface area contributed by atoms with Gasteiger partial charge in [-0.15, -0.1) is 11.3 Å². The molecule has 2 heterocycles. The standard InChI is InChI=1S/C23H22N4O5S2/c1-14-3-5-16(6-4-14)12-27-22-19(15(2)26-27)11-20(33-22)23(29)32-13-21(28)25-17-7-9-18(10-8-17)34(24,30)31/h3-11H,12-13H2,1-2H3,(H,25,28)(H2,24,30,31). The second-order valence-corrected chi connectivity index (χ2v) is 10.3. The van der Waals surface area contributed by atoms with Crippen LogP contribution < -0.4 is 10.5 Å². The van der Waals surface area contributed by atoms with Crippen molar-refractivity contribution in [3.63, 3.8) is 0 Å². The minimum Gasteiger partial charge on any atom is -0.451 e. The van der Waals surface area contributed by atoms with Crippen molar-refractivity contribution in [2.45, 2.75) is 25.3 Å². The molecule has 1 amide bonds. The fourth-order valence-electron chi connectivity index (χ4n) is 3.31. The number of hydrogen-bond acceptors (Lipinski definition) is 7. The van der Waals surface area contributed by atoms with Gasteiger partial charge in [0.15, 0.2) is 6.61 Å². The zero-order valence-electron chi connectivity index (χ0n) is 18.4. The van der Waals surface area contributed by atoms with Gasteiger partial charge in [0.05, 0.1) is 17.1 Å². The van der Waals surface area contributed by atoms with E-state index >= 15 is 0 Å². The van der Waals surface area contributed by atoms with Crippen LogP contribution in [0.15, 0.2) is 59.5 Å². The second-order valence-electron chi connectivity index (χ2n) is 7.75. The molecule has 34 heavy (non-hydrogen) atoms. The van der Waals surface area contributed by atoms with Crippen LogP contribution in [-0.4, -0.2) is 36.7 Å². The number of ether oxygens (including phenoxy) is 1. The maximum Gasteiger partial charge on any atom is 0.348 e. The van der Waals surface area contributed by atoms with Gasteiger partial charge >= 0.3 is 5.97 Å². The molecule has 0 atom stereocenters. The van der Waals surface area contributed by atoms with Crippen LogP contribution in [0.5, 0.6) is 0 Å². The molecule has 0 saturated carbocycles. The molecular formula is C23H22N4O5S2. The van der Waals surface area contributed by atoms with Gasteiger partial charge in [-0.1, -0.05) is 29.8 Å². The monoisotopic (exact) mass is 498 g/mol. The molecule has 0 aliphatic rings. The zero-order chi connectivity index (χ0) is 24.5. The first-order valence-electron chi connectivity index (χ1n) is 10.2. The number of fused-ring (bicyclic) bond motifs is 1. The van der Waals surface area contributed by atoms with E-state index in [1.54, 1.807) is 6.07 Å². The largest absolute Gasteiger partial charge is 0.451 e. The van der Waals surface area contributed by atoms with Crippen molar-refractivity contribution in [2.24, 2.45) is 5.14 Å². The number of amides is 1. The first-order valence-corrected chi connectivity index (χ1v) is 12.6. The zero-order valence-corrected chi connectivity index (χ0v) is 20.1. The van der Waals surface area contributed by atoms with Gasteiger partial charge in [0.25, 0.3) is 5.91 Å². The predicted molar refractivity (Wildman–Crippen MR) is 129 cm³/mol. The van der Waals surface area contributed by atoms with Gasteiger partial charge in [0.2, 0.25) is 10.0 Å². The summed E-state index contributed by atoms with van der Waals surface area (Å²) < 4.78 is 29.6. The van der Waals surface area contributed by atoms with Gasteiger partial charge in [-0.3, -0.25) is 9.48 Å². The Balaban J connectivity index is 1.40. The molecule has 9 nitrogen and oxygen atoms in total. The molecule has 2 aromatic carbocycles. The summed E-state index contributed by atoms with van der Waals surface area (Å²) in [5, 5.41) is 13.0. The summed E-state index contributed by atoms with van der Waals surface area (Å²) in [6.07, 6.45) is 0. The van der Waals surface area contributed by atoms with Crippen molar-refractivity contribution in [2.75, 3.05) is 11.9 Å². The molecule has 0 spiro atoms. The fraction of sp³-hybridized carbons (Fsp3) is 0.174. The second kappa shape index (κ2) is 9.37. The van der Waals surface area contributed by atoms with E-state index in [0.29, 0.717) is 17.1 Å². The Labute approximate surface area is 200 Å². The molecule has 0 radical (unpaired) electrons. The molecule has 2 aromatic heterocycles. The molecule has 0 fully saturated rings. The number of aryl methyl sites for hydroxylation is 2. The van der Waals surface area contributed by atoms with Crippen molar-refractivity contribution in [3.8, 4) is 0 Å². The average molecular weight is 499 g/mol. The molecule has 11 heteroatoms. The number of benzene rings is 2. The first-order chi connectivity index (χ1) is 16.1. The lowest BCUT2D eigenvalue weighted by molar-refractivity contribution is -0.119. The number of aromatic nitrogens is 2. The lowest BCUT2D eigenvalue weighted by Crippen LogP contribution is -2.20. The van der Waals surface area contributed by atoms with E-state index in [9.17, 15) is 18.0 Å². The lowest BCUT2D eigenvalue weighted by atomic mass is 10.1. The van der Waals surface area contributed by atoms with Crippen molar-refractivity contribution >= 4 is 49.1 Å². The number of carbonyl (C=O) groups excluding carboxylic acids is 2. The highest BCUT2D eigenvalue weighted by Gasteiger charge is 2.18. The smallest absolute Gasteiger partial charge is 0.348 e. The van der Waals surface area contributed by atoms with Crippen LogP contribution in [0.25, 0.3) is 10.2 Å². The summed E-state index contributed by atoms with van der Waals surface area (Å²) in [4.78, 5) is 25.8. The molecule has 0 saturated heterocycles. The molecular weight excluding hydrogens is 476 g/mol. The van der Waals surface area contributed by atoms with Gasteiger partial charge in [-0.25, -0.2) is 18.4 Å². The topological polar surface area (TPSA) is 133 Å². The number of esters is 1. The first kappa shape index (κ1) is 23.6. The lowest BCUT2D eigenvalue weighted by Gasteiger charge is -2.07. The fourth-order valence-corrected chi connectivity index (χ4v) is 4.88. The van der Waals surface area contributed by atoms with E-state index in [1.807, 2.05) is 42.8 Å². The maximum absolute atomic E-state index is 12.5. The van der Waals surface area contributed by atoms with E-state index in [0.717, 1.165) is 21.5 Å². The van der Waals surface area contributed by atoms with Crippen molar-refractivity contribution in [3.05, 3.63) is 76.3 Å². The number of sulfonamides is 1. The molecule has 176 valence electrons. The van der Waals surface area contributed by atoms with Gasteiger partial charge in [0.1, 0.15) is 9.71 Å².